The summed E-state index contributed by atoms with van der Waals surface area (Å²) in [6.07, 6.45) is 0. The molecule has 0 aliphatic carbocycles. The number of amides is 1. The molecule has 0 heterocycles. The smallest absolute Gasteiger partial charge is 0.258 e. The zero-order valence-corrected chi connectivity index (χ0v) is 14.6. The topological polar surface area (TPSA) is 32.8 Å². The van der Waals surface area contributed by atoms with Crippen LogP contribution in [0.2, 0.25) is 5.02 Å². The second-order valence-electron chi connectivity index (χ2n) is 5.24. The fourth-order valence-electron chi connectivity index (χ4n) is 2.27. The number of carbonyl (C=O) groups excluding carboxylic acids is 1. The minimum atomic E-state index is -0.115. The van der Waals surface area contributed by atoms with E-state index in [1.165, 1.54) is 0 Å². The van der Waals surface area contributed by atoms with Crippen LogP contribution in [0.4, 0.5) is 11.4 Å². The van der Waals surface area contributed by atoms with Gasteiger partial charge in [0.2, 0.25) is 0 Å². The number of ether oxygens (including phenoxy) is 1. The van der Waals surface area contributed by atoms with Gasteiger partial charge in [-0.2, -0.15) is 0 Å². The van der Waals surface area contributed by atoms with Crippen LogP contribution in [-0.2, 0) is 0 Å². The number of carbonyl (C=O) groups is 1. The van der Waals surface area contributed by atoms with Gasteiger partial charge < -0.3 is 14.5 Å². The molecule has 122 valence electrons. The average Bonchev–Trinajstić information content (AvgIpc) is 2.59. The number of hydrogen-bond donors (Lipinski definition) is 0. The van der Waals surface area contributed by atoms with Crippen LogP contribution < -0.4 is 14.5 Å². The highest BCUT2D eigenvalue weighted by atomic mass is 35.5. The largest absolute Gasteiger partial charge is 0.495 e. The minimum absolute atomic E-state index is 0.115. The first kappa shape index (κ1) is 17.2. The Morgan fingerprint density at radius 1 is 1.13 bits per heavy atom. The second kappa shape index (κ2) is 7.38. The molecule has 5 heteroatoms. The Balaban J connectivity index is 2.28. The zero-order valence-electron chi connectivity index (χ0n) is 13.8. The van der Waals surface area contributed by atoms with Crippen molar-refractivity contribution in [2.24, 2.45) is 0 Å². The maximum atomic E-state index is 12.7. The molecular weight excluding hydrogens is 312 g/mol. The lowest BCUT2D eigenvalue weighted by molar-refractivity contribution is 0.0992. The number of hydrogen-bond acceptors (Lipinski definition) is 3. The molecule has 0 N–H and O–H groups in total. The molecule has 0 spiro atoms. The molecule has 0 aromatic heterocycles. The lowest BCUT2D eigenvalue weighted by Crippen LogP contribution is -2.26. The highest BCUT2D eigenvalue weighted by molar-refractivity contribution is 6.31. The first-order chi connectivity index (χ1) is 11.0. The van der Waals surface area contributed by atoms with Gasteiger partial charge in [0.05, 0.1) is 12.8 Å². The number of benzene rings is 2. The van der Waals surface area contributed by atoms with Gasteiger partial charge in [0.1, 0.15) is 5.75 Å². The molecule has 23 heavy (non-hydrogen) atoms. The Morgan fingerprint density at radius 3 is 2.35 bits per heavy atom. The number of rotatable bonds is 5. The maximum Gasteiger partial charge on any atom is 0.258 e. The Bertz CT molecular complexity index is 686. The summed E-state index contributed by atoms with van der Waals surface area (Å²) in [4.78, 5) is 16.3. The maximum absolute atomic E-state index is 12.7. The Morgan fingerprint density at radius 2 is 1.78 bits per heavy atom. The van der Waals surface area contributed by atoms with Gasteiger partial charge in [0.25, 0.3) is 5.91 Å². The summed E-state index contributed by atoms with van der Waals surface area (Å²) >= 11 is 6.04. The lowest BCUT2D eigenvalue weighted by Gasteiger charge is -2.21. The van der Waals surface area contributed by atoms with Gasteiger partial charge in [-0.05, 0) is 49.4 Å². The zero-order chi connectivity index (χ0) is 17.0. The molecule has 0 fully saturated rings. The Hall–Kier alpha value is -2.20. The van der Waals surface area contributed by atoms with Gasteiger partial charge in [-0.25, -0.2) is 0 Å². The normalized spacial score (nSPS) is 10.3. The highest BCUT2D eigenvalue weighted by Gasteiger charge is 2.17. The van der Waals surface area contributed by atoms with Crippen LogP contribution in [0.15, 0.2) is 42.5 Å². The Labute approximate surface area is 142 Å². The van der Waals surface area contributed by atoms with Crippen LogP contribution in [-0.4, -0.2) is 33.7 Å². The molecule has 2 aromatic rings. The van der Waals surface area contributed by atoms with E-state index in [4.69, 9.17) is 16.3 Å². The summed E-state index contributed by atoms with van der Waals surface area (Å²) in [5, 5.41) is 0.556. The van der Waals surface area contributed by atoms with Gasteiger partial charge in [0, 0.05) is 36.9 Å². The van der Waals surface area contributed by atoms with Crippen LogP contribution in [0.1, 0.15) is 17.3 Å². The van der Waals surface area contributed by atoms with E-state index in [2.05, 4.69) is 11.8 Å². The van der Waals surface area contributed by atoms with Crippen molar-refractivity contribution in [1.29, 1.82) is 0 Å². The van der Waals surface area contributed by atoms with Crippen LogP contribution in [0.3, 0.4) is 0 Å². The fourth-order valence-corrected chi connectivity index (χ4v) is 2.44. The van der Waals surface area contributed by atoms with Crippen LogP contribution in [0, 0.1) is 0 Å². The third kappa shape index (κ3) is 3.77. The van der Waals surface area contributed by atoms with Crippen molar-refractivity contribution in [3.8, 4) is 5.75 Å². The van der Waals surface area contributed by atoms with Gasteiger partial charge in [-0.3, -0.25) is 4.79 Å². The molecule has 2 rings (SSSR count). The SMILES string of the molecule is CCN(C)c1ccc(C(=O)N(C)c2cc(Cl)ccc2OC)cc1. The fraction of sp³-hybridized carbons (Fsp3) is 0.278. The summed E-state index contributed by atoms with van der Waals surface area (Å²) in [5.74, 6) is 0.490. The van der Waals surface area contributed by atoms with E-state index >= 15 is 0 Å². The third-order valence-corrected chi connectivity index (χ3v) is 4.07. The third-order valence-electron chi connectivity index (χ3n) is 3.84. The summed E-state index contributed by atoms with van der Waals surface area (Å²) < 4.78 is 5.31. The molecule has 4 nitrogen and oxygen atoms in total. The quantitative estimate of drug-likeness (QED) is 0.827. The molecule has 0 radical (unpaired) electrons. The van der Waals surface area contributed by atoms with Gasteiger partial charge in [0.15, 0.2) is 0 Å². The van der Waals surface area contributed by atoms with E-state index in [-0.39, 0.29) is 5.91 Å². The average molecular weight is 333 g/mol. The molecule has 0 saturated heterocycles. The van der Waals surface area contributed by atoms with E-state index in [1.54, 1.807) is 37.3 Å². The first-order valence-corrected chi connectivity index (χ1v) is 7.78. The predicted molar refractivity (Wildman–Crippen MR) is 96.1 cm³/mol. The van der Waals surface area contributed by atoms with Crippen molar-refractivity contribution >= 4 is 28.9 Å². The van der Waals surface area contributed by atoms with E-state index in [0.717, 1.165) is 12.2 Å². The van der Waals surface area contributed by atoms with Gasteiger partial charge in [-0.1, -0.05) is 11.6 Å². The summed E-state index contributed by atoms with van der Waals surface area (Å²) in [6.45, 7) is 2.99. The molecular formula is C18H21ClN2O2. The number of anilines is 2. The standard InChI is InChI=1S/C18H21ClN2O2/c1-5-20(2)15-9-6-13(7-10-15)18(22)21(3)16-12-14(19)8-11-17(16)23-4/h6-12H,5H2,1-4H3. The van der Waals surface area contributed by atoms with Crippen molar-refractivity contribution in [2.45, 2.75) is 6.92 Å². The van der Waals surface area contributed by atoms with Gasteiger partial charge in [-0.15, -0.1) is 0 Å². The second-order valence-corrected chi connectivity index (χ2v) is 5.68. The Kier molecular flexibility index (Phi) is 5.50. The molecule has 1 amide bonds. The highest BCUT2D eigenvalue weighted by Crippen LogP contribution is 2.31. The van der Waals surface area contributed by atoms with E-state index < -0.39 is 0 Å². The minimum Gasteiger partial charge on any atom is -0.495 e. The lowest BCUT2D eigenvalue weighted by atomic mass is 10.1. The molecule has 2 aromatic carbocycles. The van der Waals surface area contributed by atoms with Crippen molar-refractivity contribution in [3.05, 3.63) is 53.1 Å². The predicted octanol–water partition coefficient (Wildman–Crippen LogP) is 4.08. The number of methoxy groups -OCH3 is 1. The summed E-state index contributed by atoms with van der Waals surface area (Å²) in [6, 6.07) is 12.8. The molecule has 0 aliphatic rings. The summed E-state index contributed by atoms with van der Waals surface area (Å²) in [7, 11) is 5.29. The number of nitrogens with zero attached hydrogens (tertiary/aromatic N) is 2. The number of halogens is 1. The van der Waals surface area contributed by atoms with Crippen LogP contribution in [0.5, 0.6) is 5.75 Å². The molecule has 0 unspecified atom stereocenters. The first-order valence-electron chi connectivity index (χ1n) is 7.40. The van der Waals surface area contributed by atoms with E-state index in [1.807, 2.05) is 31.3 Å². The molecule has 0 atom stereocenters. The van der Waals surface area contributed by atoms with Crippen molar-refractivity contribution in [3.63, 3.8) is 0 Å². The van der Waals surface area contributed by atoms with Crippen molar-refractivity contribution < 1.29 is 9.53 Å². The van der Waals surface area contributed by atoms with Gasteiger partial charge >= 0.3 is 0 Å². The summed E-state index contributed by atoms with van der Waals surface area (Å²) in [5.41, 5.74) is 2.33. The molecule has 0 aliphatic heterocycles. The monoisotopic (exact) mass is 332 g/mol. The van der Waals surface area contributed by atoms with Crippen LogP contribution in [0.25, 0.3) is 0 Å². The van der Waals surface area contributed by atoms with E-state index in [9.17, 15) is 4.79 Å². The molecule has 0 bridgehead atoms. The van der Waals surface area contributed by atoms with Crippen molar-refractivity contribution in [1.82, 2.24) is 0 Å². The molecule has 0 saturated carbocycles. The van der Waals surface area contributed by atoms with Crippen LogP contribution >= 0.6 is 11.6 Å². The van der Waals surface area contributed by atoms with E-state index in [0.29, 0.717) is 22.0 Å². The van der Waals surface area contributed by atoms with Crippen molar-refractivity contribution in [2.75, 3.05) is 37.5 Å².